The molecule has 0 spiro atoms. The summed E-state index contributed by atoms with van der Waals surface area (Å²) in [6.07, 6.45) is 0.931. The number of hydrogen-bond acceptors (Lipinski definition) is 2. The van der Waals surface area contributed by atoms with E-state index in [0.717, 1.165) is 23.0 Å². The molecule has 0 aliphatic carbocycles. The molecule has 0 bridgehead atoms. The van der Waals surface area contributed by atoms with Crippen LogP contribution in [0.15, 0.2) is 28.7 Å². The summed E-state index contributed by atoms with van der Waals surface area (Å²) in [5.74, 6) is 0.255. The molecule has 1 amide bonds. The summed E-state index contributed by atoms with van der Waals surface area (Å²) in [7, 11) is 0. The highest BCUT2D eigenvalue weighted by molar-refractivity contribution is 9.10. The number of nitrogens with one attached hydrogen (secondary N) is 2. The number of amides is 1. The predicted molar refractivity (Wildman–Crippen MR) is 76.3 cm³/mol. The van der Waals surface area contributed by atoms with Crippen LogP contribution >= 0.6 is 15.9 Å². The molecule has 1 aliphatic rings. The first-order valence-electron chi connectivity index (χ1n) is 6.37. The van der Waals surface area contributed by atoms with Crippen molar-refractivity contribution in [1.82, 2.24) is 10.6 Å². The van der Waals surface area contributed by atoms with Crippen LogP contribution in [0.2, 0.25) is 0 Å². The van der Waals surface area contributed by atoms with E-state index < -0.39 is 0 Å². The summed E-state index contributed by atoms with van der Waals surface area (Å²) >= 11 is 3.41. The van der Waals surface area contributed by atoms with E-state index in [-0.39, 0.29) is 23.9 Å². The van der Waals surface area contributed by atoms with Gasteiger partial charge in [0.05, 0.1) is 12.0 Å². The fourth-order valence-electron chi connectivity index (χ4n) is 2.37. The van der Waals surface area contributed by atoms with Gasteiger partial charge in [0, 0.05) is 10.5 Å². The summed E-state index contributed by atoms with van der Waals surface area (Å²) < 4.78 is 1.05. The second-order valence-electron chi connectivity index (χ2n) is 4.92. The zero-order valence-electron chi connectivity index (χ0n) is 10.7. The van der Waals surface area contributed by atoms with Crippen molar-refractivity contribution >= 4 is 21.8 Å². The van der Waals surface area contributed by atoms with Gasteiger partial charge in [0.25, 0.3) is 0 Å². The third-order valence-corrected chi connectivity index (χ3v) is 4.12. The van der Waals surface area contributed by atoms with Crippen LogP contribution in [-0.4, -0.2) is 18.5 Å². The molecule has 3 unspecified atom stereocenters. The van der Waals surface area contributed by atoms with Gasteiger partial charge in [-0.25, -0.2) is 0 Å². The van der Waals surface area contributed by atoms with Gasteiger partial charge in [-0.15, -0.1) is 0 Å². The molecule has 4 heteroatoms. The van der Waals surface area contributed by atoms with Gasteiger partial charge < -0.3 is 10.6 Å². The zero-order chi connectivity index (χ0) is 13.1. The number of halogens is 1. The number of rotatable bonds is 3. The molecule has 1 aromatic carbocycles. The van der Waals surface area contributed by atoms with Crippen molar-refractivity contribution in [3.05, 3.63) is 34.3 Å². The lowest BCUT2D eigenvalue weighted by Crippen LogP contribution is -2.37. The van der Waals surface area contributed by atoms with E-state index in [4.69, 9.17) is 0 Å². The summed E-state index contributed by atoms with van der Waals surface area (Å²) in [5, 5.41) is 6.40. The minimum absolute atomic E-state index is 0.0541. The first kappa shape index (κ1) is 13.6. The number of benzene rings is 1. The Labute approximate surface area is 116 Å². The molecule has 2 rings (SSSR count). The van der Waals surface area contributed by atoms with Crippen molar-refractivity contribution in [2.24, 2.45) is 5.92 Å². The molecule has 1 fully saturated rings. The quantitative estimate of drug-likeness (QED) is 0.901. The molecule has 2 N–H and O–H groups in total. The van der Waals surface area contributed by atoms with Crippen molar-refractivity contribution in [1.29, 1.82) is 0 Å². The topological polar surface area (TPSA) is 41.1 Å². The van der Waals surface area contributed by atoms with Crippen molar-refractivity contribution in [3.8, 4) is 0 Å². The molecule has 3 atom stereocenters. The molecule has 1 saturated heterocycles. The average Bonchev–Trinajstić information content (AvgIpc) is 2.76. The molecule has 0 aromatic heterocycles. The van der Waals surface area contributed by atoms with Crippen molar-refractivity contribution in [3.63, 3.8) is 0 Å². The van der Waals surface area contributed by atoms with Gasteiger partial charge in [0.2, 0.25) is 5.91 Å². The van der Waals surface area contributed by atoms with Crippen LogP contribution in [0.1, 0.15) is 31.9 Å². The van der Waals surface area contributed by atoms with Crippen LogP contribution in [-0.2, 0) is 4.79 Å². The standard InChI is InChI=1S/C14H19BrN2O/c1-9(11-3-5-12(15)6-4-11)17-14(18)13-7-8-16-10(13)2/h3-6,9-10,13,16H,7-8H2,1-2H3,(H,17,18). The van der Waals surface area contributed by atoms with Crippen LogP contribution in [0.5, 0.6) is 0 Å². The minimum Gasteiger partial charge on any atom is -0.349 e. The molecule has 3 nitrogen and oxygen atoms in total. The highest BCUT2D eigenvalue weighted by atomic mass is 79.9. The Bertz CT molecular complexity index is 418. The summed E-state index contributed by atoms with van der Waals surface area (Å²) in [5.41, 5.74) is 1.13. The van der Waals surface area contributed by atoms with Crippen LogP contribution in [0.4, 0.5) is 0 Å². The molecule has 0 radical (unpaired) electrons. The molecule has 1 aromatic rings. The lowest BCUT2D eigenvalue weighted by atomic mass is 10.00. The van der Waals surface area contributed by atoms with Crippen molar-refractivity contribution < 1.29 is 4.79 Å². The van der Waals surface area contributed by atoms with E-state index in [1.54, 1.807) is 0 Å². The van der Waals surface area contributed by atoms with Crippen LogP contribution in [0, 0.1) is 5.92 Å². The fraction of sp³-hybridized carbons (Fsp3) is 0.500. The van der Waals surface area contributed by atoms with Gasteiger partial charge in [-0.1, -0.05) is 28.1 Å². The Morgan fingerprint density at radius 3 is 2.67 bits per heavy atom. The number of carbonyl (C=O) groups is 1. The third-order valence-electron chi connectivity index (χ3n) is 3.59. The van der Waals surface area contributed by atoms with Gasteiger partial charge in [0.15, 0.2) is 0 Å². The Hall–Kier alpha value is -0.870. The maximum Gasteiger partial charge on any atom is 0.225 e. The van der Waals surface area contributed by atoms with E-state index in [1.165, 1.54) is 0 Å². The molecule has 18 heavy (non-hydrogen) atoms. The van der Waals surface area contributed by atoms with Gasteiger partial charge in [-0.2, -0.15) is 0 Å². The van der Waals surface area contributed by atoms with Crippen molar-refractivity contribution in [2.45, 2.75) is 32.4 Å². The van der Waals surface area contributed by atoms with E-state index in [9.17, 15) is 4.79 Å². The predicted octanol–water partition coefficient (Wildman–Crippen LogP) is 2.62. The normalized spacial score (nSPS) is 24.8. The third kappa shape index (κ3) is 3.12. The lowest BCUT2D eigenvalue weighted by molar-refractivity contribution is -0.125. The minimum atomic E-state index is 0.0541. The Morgan fingerprint density at radius 2 is 2.11 bits per heavy atom. The maximum absolute atomic E-state index is 12.1. The van der Waals surface area contributed by atoms with Crippen LogP contribution < -0.4 is 10.6 Å². The Kier molecular flexibility index (Phi) is 4.40. The van der Waals surface area contributed by atoms with Gasteiger partial charge in [-0.05, 0) is 44.5 Å². The van der Waals surface area contributed by atoms with E-state index in [1.807, 2.05) is 31.2 Å². The smallest absolute Gasteiger partial charge is 0.225 e. The second-order valence-corrected chi connectivity index (χ2v) is 5.84. The number of carbonyl (C=O) groups excluding carboxylic acids is 1. The maximum atomic E-state index is 12.1. The Balaban J connectivity index is 1.96. The van der Waals surface area contributed by atoms with Gasteiger partial charge in [0.1, 0.15) is 0 Å². The van der Waals surface area contributed by atoms with E-state index >= 15 is 0 Å². The fourth-order valence-corrected chi connectivity index (χ4v) is 2.64. The lowest BCUT2D eigenvalue weighted by Gasteiger charge is -2.19. The highest BCUT2D eigenvalue weighted by Gasteiger charge is 2.29. The summed E-state index contributed by atoms with van der Waals surface area (Å²) in [6, 6.07) is 8.40. The summed E-state index contributed by atoms with van der Waals surface area (Å²) in [4.78, 5) is 12.1. The van der Waals surface area contributed by atoms with Crippen LogP contribution in [0.3, 0.4) is 0 Å². The molecular weight excluding hydrogens is 292 g/mol. The first-order valence-corrected chi connectivity index (χ1v) is 7.16. The molecular formula is C14H19BrN2O. The molecule has 1 heterocycles. The van der Waals surface area contributed by atoms with E-state index in [0.29, 0.717) is 0 Å². The van der Waals surface area contributed by atoms with Gasteiger partial charge in [-0.3, -0.25) is 4.79 Å². The first-order chi connectivity index (χ1) is 8.58. The van der Waals surface area contributed by atoms with Crippen molar-refractivity contribution in [2.75, 3.05) is 6.54 Å². The monoisotopic (exact) mass is 310 g/mol. The largest absolute Gasteiger partial charge is 0.349 e. The van der Waals surface area contributed by atoms with E-state index in [2.05, 4.69) is 33.5 Å². The average molecular weight is 311 g/mol. The second kappa shape index (κ2) is 5.85. The molecule has 1 aliphatic heterocycles. The highest BCUT2D eigenvalue weighted by Crippen LogP contribution is 2.19. The van der Waals surface area contributed by atoms with Crippen LogP contribution in [0.25, 0.3) is 0 Å². The molecule has 98 valence electrons. The summed E-state index contributed by atoms with van der Waals surface area (Å²) in [6.45, 7) is 5.03. The molecule has 0 saturated carbocycles. The Morgan fingerprint density at radius 1 is 1.44 bits per heavy atom. The number of hydrogen-bond donors (Lipinski definition) is 2. The SMILES string of the molecule is CC(NC(=O)C1CCNC1C)c1ccc(Br)cc1. The van der Waals surface area contributed by atoms with Gasteiger partial charge >= 0.3 is 0 Å². The zero-order valence-corrected chi connectivity index (χ0v) is 12.3.